The molecule has 92 valence electrons. The number of aromatic nitrogens is 1. The molecule has 1 atom stereocenters. The number of nitrogens with zero attached hydrogens (tertiary/aromatic N) is 1. The molecule has 1 aromatic rings. The van der Waals surface area contributed by atoms with Crippen LogP contribution in [-0.4, -0.2) is 17.8 Å². The highest BCUT2D eigenvalue weighted by atomic mass is 35.5. The minimum absolute atomic E-state index is 0.256. The number of halogens is 4. The highest BCUT2D eigenvalue weighted by Crippen LogP contribution is 2.27. The lowest BCUT2D eigenvalue weighted by molar-refractivity contribution is -0.186. The van der Waals surface area contributed by atoms with E-state index >= 15 is 0 Å². The molecule has 0 spiro atoms. The van der Waals surface area contributed by atoms with Crippen molar-refractivity contribution in [3.8, 4) is 0 Å². The Morgan fingerprint density at radius 1 is 1.56 bits per heavy atom. The van der Waals surface area contributed by atoms with Gasteiger partial charge in [0, 0.05) is 5.38 Å². The van der Waals surface area contributed by atoms with Gasteiger partial charge in [0.05, 0.1) is 11.6 Å². The summed E-state index contributed by atoms with van der Waals surface area (Å²) < 4.78 is 40.7. The van der Waals surface area contributed by atoms with Crippen LogP contribution < -0.4 is 0 Å². The summed E-state index contributed by atoms with van der Waals surface area (Å²) in [5, 5.41) is 2.27. The first kappa shape index (κ1) is 13.7. The van der Waals surface area contributed by atoms with Crippen molar-refractivity contribution in [3.63, 3.8) is 0 Å². The summed E-state index contributed by atoms with van der Waals surface area (Å²) in [6.45, 7) is 0.504. The van der Waals surface area contributed by atoms with Crippen LogP contribution in [0.5, 0.6) is 0 Å². The summed E-state index contributed by atoms with van der Waals surface area (Å²) in [6.07, 6.45) is -4.46. The number of hydrogen-bond donors (Lipinski definition) is 0. The number of thiazole rings is 1. The highest BCUT2D eigenvalue weighted by Gasteiger charge is 2.29. The molecular weight excluding hydrogens is 263 g/mol. The fourth-order valence-corrected chi connectivity index (χ4v) is 2.27. The van der Waals surface area contributed by atoms with Crippen molar-refractivity contribution in [3.05, 3.63) is 16.1 Å². The topological polar surface area (TPSA) is 22.1 Å². The van der Waals surface area contributed by atoms with Crippen LogP contribution in [0.15, 0.2) is 5.38 Å². The molecular formula is C9H11ClF3NOS. The van der Waals surface area contributed by atoms with E-state index in [0.29, 0.717) is 17.1 Å². The molecule has 1 heterocycles. The molecule has 0 aliphatic rings. The summed E-state index contributed by atoms with van der Waals surface area (Å²) in [5.74, 6) is 0.256. The molecule has 1 aromatic heterocycles. The van der Waals surface area contributed by atoms with E-state index in [2.05, 4.69) is 4.98 Å². The van der Waals surface area contributed by atoms with Gasteiger partial charge in [-0.2, -0.15) is 13.2 Å². The van der Waals surface area contributed by atoms with E-state index in [4.69, 9.17) is 16.3 Å². The van der Waals surface area contributed by atoms with Crippen LogP contribution in [0, 0.1) is 0 Å². The van der Waals surface area contributed by atoms with Crippen LogP contribution in [0.3, 0.4) is 0 Å². The second-order valence-electron chi connectivity index (χ2n) is 3.13. The van der Waals surface area contributed by atoms with Crippen LogP contribution in [0.1, 0.15) is 30.2 Å². The van der Waals surface area contributed by atoms with Gasteiger partial charge in [-0.15, -0.1) is 22.9 Å². The van der Waals surface area contributed by atoms with Gasteiger partial charge in [-0.25, -0.2) is 4.98 Å². The van der Waals surface area contributed by atoms with E-state index in [1.165, 1.54) is 11.3 Å². The maximum atomic E-state index is 12.0. The molecule has 0 aliphatic carbocycles. The van der Waals surface area contributed by atoms with E-state index in [1.54, 1.807) is 12.3 Å². The van der Waals surface area contributed by atoms with Crippen LogP contribution in [0.4, 0.5) is 13.2 Å². The van der Waals surface area contributed by atoms with Crippen LogP contribution >= 0.6 is 22.9 Å². The molecule has 0 N–H and O–H groups in total. The number of alkyl halides is 4. The monoisotopic (exact) mass is 273 g/mol. The third-order valence-corrected chi connectivity index (χ3v) is 3.06. The molecule has 0 saturated heterocycles. The summed E-state index contributed by atoms with van der Waals surface area (Å²) >= 11 is 6.83. The van der Waals surface area contributed by atoms with Gasteiger partial charge in [0.2, 0.25) is 0 Å². The fourth-order valence-electron chi connectivity index (χ4n) is 1.09. The van der Waals surface area contributed by atoms with Gasteiger partial charge in [0.15, 0.2) is 0 Å². The van der Waals surface area contributed by atoms with Gasteiger partial charge < -0.3 is 4.74 Å². The zero-order valence-corrected chi connectivity index (χ0v) is 10.1. The molecule has 16 heavy (non-hydrogen) atoms. The first-order valence-electron chi connectivity index (χ1n) is 4.65. The molecule has 0 fully saturated rings. The van der Waals surface area contributed by atoms with E-state index in [-0.39, 0.29) is 5.88 Å². The number of rotatable bonds is 5. The Morgan fingerprint density at radius 2 is 2.25 bits per heavy atom. The molecule has 0 saturated carbocycles. The Morgan fingerprint density at radius 3 is 2.69 bits per heavy atom. The molecule has 0 bridgehead atoms. The second kappa shape index (κ2) is 5.84. The van der Waals surface area contributed by atoms with Gasteiger partial charge in [0.25, 0.3) is 0 Å². The predicted octanol–water partition coefficient (Wildman–Crippen LogP) is 3.91. The lowest BCUT2D eigenvalue weighted by Crippen LogP contribution is -2.19. The number of ether oxygens (including phenoxy) is 1. The number of hydrogen-bond acceptors (Lipinski definition) is 3. The molecule has 1 rings (SSSR count). The smallest absolute Gasteiger partial charge is 0.362 e. The fraction of sp³-hybridized carbons (Fsp3) is 0.667. The third kappa shape index (κ3) is 4.27. The molecule has 0 amide bonds. The SMILES string of the molecule is CCC(OCC(F)(F)F)c1nc(CCl)cs1. The lowest BCUT2D eigenvalue weighted by atomic mass is 10.3. The zero-order valence-electron chi connectivity index (χ0n) is 8.55. The van der Waals surface area contributed by atoms with Crippen molar-refractivity contribution in [2.45, 2.75) is 31.5 Å². The van der Waals surface area contributed by atoms with Crippen molar-refractivity contribution in [1.82, 2.24) is 4.98 Å². The van der Waals surface area contributed by atoms with Crippen molar-refractivity contribution < 1.29 is 17.9 Å². The van der Waals surface area contributed by atoms with Gasteiger partial charge >= 0.3 is 6.18 Å². The van der Waals surface area contributed by atoms with Crippen molar-refractivity contribution >= 4 is 22.9 Å². The van der Waals surface area contributed by atoms with Crippen LogP contribution in [-0.2, 0) is 10.6 Å². The van der Waals surface area contributed by atoms with E-state index < -0.39 is 18.9 Å². The van der Waals surface area contributed by atoms with Crippen molar-refractivity contribution in [1.29, 1.82) is 0 Å². The Kier molecular flexibility index (Phi) is 5.01. The molecule has 2 nitrogen and oxygen atoms in total. The molecule has 0 aromatic carbocycles. The van der Waals surface area contributed by atoms with Crippen LogP contribution in [0.25, 0.3) is 0 Å². The average molecular weight is 274 g/mol. The second-order valence-corrected chi connectivity index (χ2v) is 4.29. The Bertz CT molecular complexity index is 329. The maximum absolute atomic E-state index is 12.0. The van der Waals surface area contributed by atoms with Gasteiger partial charge in [-0.3, -0.25) is 0 Å². The summed E-state index contributed by atoms with van der Waals surface area (Å²) in [5.41, 5.74) is 0.663. The quantitative estimate of drug-likeness (QED) is 0.759. The Hall–Kier alpha value is -0.330. The maximum Gasteiger partial charge on any atom is 0.411 e. The van der Waals surface area contributed by atoms with Crippen molar-refractivity contribution in [2.24, 2.45) is 0 Å². The van der Waals surface area contributed by atoms with E-state index in [0.717, 1.165) is 0 Å². The Balaban J connectivity index is 2.60. The minimum Gasteiger partial charge on any atom is -0.362 e. The minimum atomic E-state index is -4.31. The molecule has 7 heteroatoms. The highest BCUT2D eigenvalue weighted by molar-refractivity contribution is 7.09. The standard InChI is InChI=1S/C9H11ClF3NOS/c1-2-7(15-5-9(11,12)13)8-14-6(3-10)4-16-8/h4,7H,2-3,5H2,1H3. The molecule has 1 unspecified atom stereocenters. The summed E-state index contributed by atoms with van der Waals surface area (Å²) in [7, 11) is 0. The van der Waals surface area contributed by atoms with Crippen LogP contribution in [0.2, 0.25) is 0 Å². The first-order chi connectivity index (χ1) is 7.46. The summed E-state index contributed by atoms with van der Waals surface area (Å²) in [4.78, 5) is 4.09. The third-order valence-electron chi connectivity index (χ3n) is 1.80. The van der Waals surface area contributed by atoms with Gasteiger partial charge in [-0.05, 0) is 6.42 Å². The molecule has 0 aliphatic heterocycles. The van der Waals surface area contributed by atoms with Gasteiger partial charge in [0.1, 0.15) is 17.7 Å². The van der Waals surface area contributed by atoms with E-state index in [9.17, 15) is 13.2 Å². The predicted molar refractivity (Wildman–Crippen MR) is 56.7 cm³/mol. The summed E-state index contributed by atoms with van der Waals surface area (Å²) in [6, 6.07) is 0. The molecule has 0 radical (unpaired) electrons. The average Bonchev–Trinajstić information content (AvgIpc) is 2.65. The first-order valence-corrected chi connectivity index (χ1v) is 6.06. The van der Waals surface area contributed by atoms with Gasteiger partial charge in [-0.1, -0.05) is 6.92 Å². The zero-order chi connectivity index (χ0) is 12.2. The van der Waals surface area contributed by atoms with Crippen molar-refractivity contribution in [2.75, 3.05) is 6.61 Å². The Labute approximate surface area is 100 Å². The largest absolute Gasteiger partial charge is 0.411 e. The normalized spacial score (nSPS) is 14.1. The lowest BCUT2D eigenvalue weighted by Gasteiger charge is -2.14. The van der Waals surface area contributed by atoms with E-state index in [1.807, 2.05) is 0 Å².